The van der Waals surface area contributed by atoms with Crippen LogP contribution in [0.1, 0.15) is 17.4 Å². The monoisotopic (exact) mass is 271 g/mol. The molecule has 0 aliphatic rings. The molecule has 0 fully saturated rings. The van der Waals surface area contributed by atoms with E-state index in [2.05, 4.69) is 20.7 Å². The Kier molecular flexibility index (Phi) is 3.79. The van der Waals surface area contributed by atoms with Gasteiger partial charge in [-0.15, -0.1) is 10.2 Å². The summed E-state index contributed by atoms with van der Waals surface area (Å²) in [7, 11) is 3.19. The molecule has 1 heterocycles. The van der Waals surface area contributed by atoms with Crippen LogP contribution in [-0.2, 0) is 13.5 Å². The molecule has 1 atom stereocenters. The van der Waals surface area contributed by atoms with Crippen LogP contribution in [0.2, 0.25) is 0 Å². The summed E-state index contributed by atoms with van der Waals surface area (Å²) >= 11 is 0. The Morgan fingerprint density at radius 3 is 2.58 bits per heavy atom. The Morgan fingerprint density at radius 2 is 2.00 bits per heavy atom. The molecule has 0 saturated carbocycles. The predicted octanol–water partition coefficient (Wildman–Crippen LogP) is 1.13. The lowest BCUT2D eigenvalue weighted by Crippen LogP contribution is -2.21. The van der Waals surface area contributed by atoms with Gasteiger partial charge in [-0.2, -0.15) is 4.80 Å². The number of benzene rings is 1. The number of rotatable bonds is 4. The van der Waals surface area contributed by atoms with Gasteiger partial charge in [0.05, 0.1) is 7.05 Å². The molecule has 0 aliphatic heterocycles. The molecule has 2 rings (SSSR count). The summed E-state index contributed by atoms with van der Waals surface area (Å²) in [5.41, 5.74) is 0.0221. The molecule has 1 aromatic heterocycles. The quantitative estimate of drug-likeness (QED) is 0.847. The van der Waals surface area contributed by atoms with E-state index in [0.29, 0.717) is 5.82 Å². The highest BCUT2D eigenvalue weighted by Crippen LogP contribution is 2.23. The van der Waals surface area contributed by atoms with E-state index in [1.807, 2.05) is 0 Å². The molecule has 19 heavy (non-hydrogen) atoms. The van der Waals surface area contributed by atoms with Crippen molar-refractivity contribution >= 4 is 0 Å². The van der Waals surface area contributed by atoms with Gasteiger partial charge in [0, 0.05) is 18.0 Å². The molecule has 0 bridgehead atoms. The van der Waals surface area contributed by atoms with E-state index in [9.17, 15) is 13.2 Å². The number of likely N-dealkylation sites (N-methyl/N-ethyl adjacent to an activating group) is 1. The first-order valence-electron chi connectivity index (χ1n) is 5.56. The predicted molar refractivity (Wildman–Crippen MR) is 60.6 cm³/mol. The average molecular weight is 271 g/mol. The van der Waals surface area contributed by atoms with Crippen molar-refractivity contribution in [2.45, 2.75) is 12.5 Å². The molecule has 1 unspecified atom stereocenters. The topological polar surface area (TPSA) is 55.6 Å². The van der Waals surface area contributed by atoms with Crippen LogP contribution in [0.25, 0.3) is 0 Å². The van der Waals surface area contributed by atoms with Crippen molar-refractivity contribution in [2.24, 2.45) is 7.05 Å². The number of hydrogen-bond acceptors (Lipinski definition) is 4. The van der Waals surface area contributed by atoms with Crippen LogP contribution in [0.3, 0.4) is 0 Å². The molecule has 0 spiro atoms. The maximum absolute atomic E-state index is 13.7. The Balaban J connectivity index is 2.29. The van der Waals surface area contributed by atoms with Gasteiger partial charge in [0.1, 0.15) is 0 Å². The van der Waals surface area contributed by atoms with E-state index in [1.54, 1.807) is 14.1 Å². The van der Waals surface area contributed by atoms with Gasteiger partial charge in [-0.1, -0.05) is 6.07 Å². The van der Waals surface area contributed by atoms with Crippen LogP contribution in [0.4, 0.5) is 13.2 Å². The standard InChI is InChI=1S/C11H12F3N5/c1-15-8(5-9-16-18-19(2)17-9)6-3-4-7(12)11(14)10(6)13/h3-4,8,15H,5H2,1-2H3. The van der Waals surface area contributed by atoms with Gasteiger partial charge < -0.3 is 5.32 Å². The van der Waals surface area contributed by atoms with Crippen molar-refractivity contribution in [1.29, 1.82) is 0 Å². The molecular formula is C11H12F3N5. The Morgan fingerprint density at radius 1 is 1.26 bits per heavy atom. The summed E-state index contributed by atoms with van der Waals surface area (Å²) < 4.78 is 39.8. The van der Waals surface area contributed by atoms with Gasteiger partial charge in [-0.05, 0) is 18.3 Å². The summed E-state index contributed by atoms with van der Waals surface area (Å²) in [6.45, 7) is 0. The molecule has 0 amide bonds. The minimum absolute atomic E-state index is 0.0221. The van der Waals surface area contributed by atoms with Crippen LogP contribution < -0.4 is 5.32 Å². The highest BCUT2D eigenvalue weighted by Gasteiger charge is 2.21. The molecule has 1 aromatic carbocycles. The molecule has 2 aromatic rings. The minimum atomic E-state index is -1.48. The fraction of sp³-hybridized carbons (Fsp3) is 0.364. The van der Waals surface area contributed by atoms with Gasteiger partial charge in [-0.3, -0.25) is 0 Å². The van der Waals surface area contributed by atoms with Crippen LogP contribution in [-0.4, -0.2) is 27.3 Å². The largest absolute Gasteiger partial charge is 0.313 e. The normalized spacial score (nSPS) is 12.7. The van der Waals surface area contributed by atoms with Gasteiger partial charge in [0.25, 0.3) is 0 Å². The van der Waals surface area contributed by atoms with Crippen molar-refractivity contribution in [2.75, 3.05) is 7.05 Å². The molecule has 8 heteroatoms. The zero-order chi connectivity index (χ0) is 14.0. The summed E-state index contributed by atoms with van der Waals surface area (Å²) in [6.07, 6.45) is 0.215. The first-order valence-corrected chi connectivity index (χ1v) is 5.56. The molecule has 0 aliphatic carbocycles. The summed E-state index contributed by atoms with van der Waals surface area (Å²) in [4.78, 5) is 1.27. The molecule has 102 valence electrons. The van der Waals surface area contributed by atoms with Crippen molar-refractivity contribution in [3.05, 3.63) is 41.0 Å². The number of tetrazole rings is 1. The van der Waals surface area contributed by atoms with E-state index in [4.69, 9.17) is 0 Å². The number of halogens is 3. The fourth-order valence-corrected chi connectivity index (χ4v) is 1.77. The third kappa shape index (κ3) is 2.73. The van der Waals surface area contributed by atoms with Crippen molar-refractivity contribution in [3.63, 3.8) is 0 Å². The summed E-state index contributed by atoms with van der Waals surface area (Å²) in [5, 5.41) is 14.2. The number of hydrogen-bond donors (Lipinski definition) is 1. The molecule has 0 radical (unpaired) electrons. The van der Waals surface area contributed by atoms with E-state index in [-0.39, 0.29) is 12.0 Å². The van der Waals surface area contributed by atoms with Crippen LogP contribution in [0.5, 0.6) is 0 Å². The third-order valence-corrected chi connectivity index (χ3v) is 2.73. The zero-order valence-corrected chi connectivity index (χ0v) is 10.4. The molecular weight excluding hydrogens is 259 g/mol. The van der Waals surface area contributed by atoms with Gasteiger partial charge in [0.2, 0.25) is 0 Å². The lowest BCUT2D eigenvalue weighted by atomic mass is 10.0. The lowest BCUT2D eigenvalue weighted by Gasteiger charge is -2.15. The van der Waals surface area contributed by atoms with Crippen molar-refractivity contribution < 1.29 is 13.2 Å². The molecule has 1 N–H and O–H groups in total. The summed E-state index contributed by atoms with van der Waals surface area (Å²) in [5.74, 6) is -3.52. The minimum Gasteiger partial charge on any atom is -0.313 e. The first kappa shape index (κ1) is 13.5. The maximum atomic E-state index is 13.7. The Hall–Kier alpha value is -1.96. The number of nitrogens with zero attached hydrogens (tertiary/aromatic N) is 4. The first-order chi connectivity index (χ1) is 9.02. The van der Waals surface area contributed by atoms with E-state index >= 15 is 0 Å². The van der Waals surface area contributed by atoms with E-state index < -0.39 is 23.5 Å². The second-order valence-corrected chi connectivity index (χ2v) is 4.01. The van der Waals surface area contributed by atoms with Crippen LogP contribution >= 0.6 is 0 Å². The second-order valence-electron chi connectivity index (χ2n) is 4.01. The number of nitrogens with one attached hydrogen (secondary N) is 1. The number of aromatic nitrogens is 4. The van der Waals surface area contributed by atoms with Crippen LogP contribution in [0, 0.1) is 17.5 Å². The second kappa shape index (κ2) is 5.35. The number of aryl methyl sites for hydroxylation is 1. The van der Waals surface area contributed by atoms with Crippen molar-refractivity contribution in [1.82, 2.24) is 25.5 Å². The fourth-order valence-electron chi connectivity index (χ4n) is 1.77. The Bertz CT molecular complexity index is 584. The highest BCUT2D eigenvalue weighted by molar-refractivity contribution is 5.24. The van der Waals surface area contributed by atoms with E-state index in [0.717, 1.165) is 6.07 Å². The van der Waals surface area contributed by atoms with Gasteiger partial charge in [0.15, 0.2) is 23.3 Å². The van der Waals surface area contributed by atoms with E-state index in [1.165, 1.54) is 10.9 Å². The average Bonchev–Trinajstić information content (AvgIpc) is 2.80. The SMILES string of the molecule is CNC(Cc1nnn(C)n1)c1ccc(F)c(F)c1F. The van der Waals surface area contributed by atoms with Crippen LogP contribution in [0.15, 0.2) is 12.1 Å². The Labute approximate surface area is 107 Å². The third-order valence-electron chi connectivity index (χ3n) is 2.73. The van der Waals surface area contributed by atoms with Gasteiger partial charge >= 0.3 is 0 Å². The maximum Gasteiger partial charge on any atom is 0.194 e. The van der Waals surface area contributed by atoms with Gasteiger partial charge in [-0.25, -0.2) is 13.2 Å². The van der Waals surface area contributed by atoms with Crippen molar-refractivity contribution in [3.8, 4) is 0 Å². The zero-order valence-electron chi connectivity index (χ0n) is 10.4. The molecule has 0 saturated heterocycles. The smallest absolute Gasteiger partial charge is 0.194 e. The molecule has 5 nitrogen and oxygen atoms in total. The highest BCUT2D eigenvalue weighted by atomic mass is 19.2. The summed E-state index contributed by atoms with van der Waals surface area (Å²) in [6, 6.07) is 1.52. The lowest BCUT2D eigenvalue weighted by molar-refractivity contribution is 0.427.